The Labute approximate surface area is 217 Å². The number of carbonyl (C=O) groups excluding carboxylic acids is 1. The van der Waals surface area contributed by atoms with E-state index < -0.39 is 0 Å². The standard InChI is InChI=1S/C27H27N3O4S2/c1-16(2)21-13-18-22(14-34-21)36-25-24(18)26(32)30(17-9-5-4-6-10-17)27(29-25)35-15-23(31)28-19-11-7-8-12-20(19)33-3/h4-12,16,21H,13-15H2,1-3H3,(H,28,31). The van der Waals surface area contributed by atoms with E-state index in [0.717, 1.165) is 16.1 Å². The molecule has 0 saturated heterocycles. The Hall–Kier alpha value is -3.14. The zero-order chi connectivity index (χ0) is 25.2. The Morgan fingerprint density at radius 1 is 1.22 bits per heavy atom. The Balaban J connectivity index is 1.51. The van der Waals surface area contributed by atoms with Crippen LogP contribution in [0.3, 0.4) is 0 Å². The van der Waals surface area contributed by atoms with Gasteiger partial charge < -0.3 is 14.8 Å². The molecule has 0 bridgehead atoms. The molecule has 1 unspecified atom stereocenters. The summed E-state index contributed by atoms with van der Waals surface area (Å²) in [5, 5.41) is 4.03. The van der Waals surface area contributed by atoms with E-state index in [0.29, 0.717) is 45.8 Å². The SMILES string of the molecule is COc1ccccc1NC(=O)CSc1nc2sc3c(c2c(=O)n1-c1ccccc1)CC(C(C)C)OC3. The van der Waals surface area contributed by atoms with Gasteiger partial charge in [0.2, 0.25) is 5.91 Å². The number of aromatic nitrogens is 2. The lowest BCUT2D eigenvalue weighted by atomic mass is 9.96. The molecule has 1 N–H and O–H groups in total. The van der Waals surface area contributed by atoms with Crippen molar-refractivity contribution in [2.24, 2.45) is 5.92 Å². The lowest BCUT2D eigenvalue weighted by Crippen LogP contribution is -2.28. The van der Waals surface area contributed by atoms with Gasteiger partial charge in [0.15, 0.2) is 5.16 Å². The average Bonchev–Trinajstić information content (AvgIpc) is 3.26. The van der Waals surface area contributed by atoms with Gasteiger partial charge in [0.25, 0.3) is 5.56 Å². The van der Waals surface area contributed by atoms with E-state index in [2.05, 4.69) is 19.2 Å². The molecule has 7 nitrogen and oxygen atoms in total. The highest BCUT2D eigenvalue weighted by Crippen LogP contribution is 2.36. The fourth-order valence-electron chi connectivity index (χ4n) is 4.30. The third-order valence-electron chi connectivity index (χ3n) is 6.18. The van der Waals surface area contributed by atoms with Gasteiger partial charge in [-0.1, -0.05) is 55.9 Å². The van der Waals surface area contributed by atoms with Crippen LogP contribution in [0.1, 0.15) is 24.3 Å². The van der Waals surface area contributed by atoms with Crippen LogP contribution in [0.15, 0.2) is 64.5 Å². The zero-order valence-electron chi connectivity index (χ0n) is 20.3. The van der Waals surface area contributed by atoms with Crippen molar-refractivity contribution in [3.8, 4) is 11.4 Å². The van der Waals surface area contributed by atoms with Crippen molar-refractivity contribution in [3.63, 3.8) is 0 Å². The van der Waals surface area contributed by atoms with Crippen LogP contribution in [0.2, 0.25) is 0 Å². The molecule has 5 rings (SSSR count). The van der Waals surface area contributed by atoms with Gasteiger partial charge in [0.1, 0.15) is 10.6 Å². The van der Waals surface area contributed by atoms with Gasteiger partial charge in [-0.2, -0.15) is 0 Å². The molecule has 0 fully saturated rings. The summed E-state index contributed by atoms with van der Waals surface area (Å²) in [6.45, 7) is 4.76. The average molecular weight is 522 g/mol. The van der Waals surface area contributed by atoms with Crippen LogP contribution in [0, 0.1) is 5.92 Å². The van der Waals surface area contributed by atoms with Gasteiger partial charge in [-0.15, -0.1) is 11.3 Å². The molecule has 0 radical (unpaired) electrons. The monoisotopic (exact) mass is 521 g/mol. The number of nitrogens with zero attached hydrogens (tertiary/aromatic N) is 2. The number of methoxy groups -OCH3 is 1. The topological polar surface area (TPSA) is 82.5 Å². The summed E-state index contributed by atoms with van der Waals surface area (Å²) in [6, 6.07) is 16.7. The Bertz CT molecular complexity index is 1460. The quantitative estimate of drug-likeness (QED) is 0.263. The molecule has 1 amide bonds. The maximum Gasteiger partial charge on any atom is 0.267 e. The number of carbonyl (C=O) groups is 1. The van der Waals surface area contributed by atoms with E-state index in [1.165, 1.54) is 23.1 Å². The van der Waals surface area contributed by atoms with Crippen molar-refractivity contribution in [2.45, 2.75) is 38.1 Å². The molecular weight excluding hydrogens is 494 g/mol. The van der Waals surface area contributed by atoms with Crippen molar-refractivity contribution in [1.29, 1.82) is 0 Å². The summed E-state index contributed by atoms with van der Waals surface area (Å²) < 4.78 is 13.0. The summed E-state index contributed by atoms with van der Waals surface area (Å²) in [7, 11) is 1.56. The van der Waals surface area contributed by atoms with Gasteiger partial charge in [-0.25, -0.2) is 4.98 Å². The van der Waals surface area contributed by atoms with Crippen LogP contribution < -0.4 is 15.6 Å². The van der Waals surface area contributed by atoms with E-state index in [1.54, 1.807) is 23.8 Å². The highest BCUT2D eigenvalue weighted by molar-refractivity contribution is 7.99. The maximum absolute atomic E-state index is 13.9. The molecule has 0 saturated carbocycles. The molecule has 4 aromatic rings. The van der Waals surface area contributed by atoms with Crippen LogP contribution in [-0.4, -0.2) is 34.4 Å². The minimum atomic E-state index is -0.211. The molecule has 1 atom stereocenters. The summed E-state index contributed by atoms with van der Waals surface area (Å²) >= 11 is 2.75. The molecule has 1 aliphatic rings. The van der Waals surface area contributed by atoms with Crippen molar-refractivity contribution in [2.75, 3.05) is 18.2 Å². The van der Waals surface area contributed by atoms with Gasteiger partial charge in [-0.05, 0) is 35.7 Å². The Morgan fingerprint density at radius 2 is 1.97 bits per heavy atom. The Morgan fingerprint density at radius 3 is 2.72 bits per heavy atom. The number of hydrogen-bond donors (Lipinski definition) is 1. The third kappa shape index (κ3) is 4.78. The number of amides is 1. The zero-order valence-corrected chi connectivity index (χ0v) is 21.9. The summed E-state index contributed by atoms with van der Waals surface area (Å²) in [4.78, 5) is 33.4. The number of rotatable bonds is 7. The molecular formula is C27H27N3O4S2. The molecule has 0 aliphatic carbocycles. The fourth-order valence-corrected chi connectivity index (χ4v) is 6.28. The number of hydrogen-bond acceptors (Lipinski definition) is 7. The number of fused-ring (bicyclic) bond motifs is 3. The van der Waals surface area contributed by atoms with E-state index in [-0.39, 0.29) is 23.3 Å². The maximum atomic E-state index is 13.9. The van der Waals surface area contributed by atoms with Crippen LogP contribution in [0.5, 0.6) is 5.75 Å². The van der Waals surface area contributed by atoms with E-state index in [4.69, 9.17) is 14.5 Å². The van der Waals surface area contributed by atoms with Crippen molar-refractivity contribution < 1.29 is 14.3 Å². The largest absolute Gasteiger partial charge is 0.495 e. The molecule has 186 valence electrons. The molecule has 2 aromatic carbocycles. The summed E-state index contributed by atoms with van der Waals surface area (Å²) in [5.41, 5.74) is 2.25. The van der Waals surface area contributed by atoms with E-state index >= 15 is 0 Å². The van der Waals surface area contributed by atoms with Gasteiger partial charge in [0.05, 0.1) is 42.3 Å². The molecule has 0 spiro atoms. The second-order valence-corrected chi connectivity index (χ2v) is 10.9. The van der Waals surface area contributed by atoms with E-state index in [1.807, 2.05) is 42.5 Å². The van der Waals surface area contributed by atoms with Crippen LogP contribution in [-0.2, 0) is 22.6 Å². The van der Waals surface area contributed by atoms with Crippen LogP contribution >= 0.6 is 23.1 Å². The second kappa shape index (κ2) is 10.5. The Kier molecular flexibility index (Phi) is 7.13. The molecule has 3 heterocycles. The highest BCUT2D eigenvalue weighted by atomic mass is 32.2. The molecule has 1 aliphatic heterocycles. The van der Waals surface area contributed by atoms with E-state index in [9.17, 15) is 9.59 Å². The molecule has 9 heteroatoms. The lowest BCUT2D eigenvalue weighted by Gasteiger charge is -2.26. The van der Waals surface area contributed by atoms with Gasteiger partial charge >= 0.3 is 0 Å². The van der Waals surface area contributed by atoms with Crippen molar-refractivity contribution in [3.05, 3.63) is 75.4 Å². The predicted molar refractivity (Wildman–Crippen MR) is 145 cm³/mol. The number of anilines is 1. The number of para-hydroxylation sites is 3. The first-order chi connectivity index (χ1) is 17.5. The van der Waals surface area contributed by atoms with Gasteiger partial charge in [-0.3, -0.25) is 14.2 Å². The lowest BCUT2D eigenvalue weighted by molar-refractivity contribution is -0.113. The van der Waals surface area contributed by atoms with Gasteiger partial charge in [0, 0.05) is 11.3 Å². The summed E-state index contributed by atoms with van der Waals surface area (Å²) in [5.74, 6) is 0.820. The molecule has 36 heavy (non-hydrogen) atoms. The number of benzene rings is 2. The third-order valence-corrected chi connectivity index (χ3v) is 8.22. The fraction of sp³-hybridized carbons (Fsp3) is 0.296. The van der Waals surface area contributed by atoms with Crippen LogP contribution in [0.4, 0.5) is 5.69 Å². The number of thiophene rings is 1. The minimum Gasteiger partial charge on any atom is -0.495 e. The summed E-state index contributed by atoms with van der Waals surface area (Å²) in [6.07, 6.45) is 0.777. The number of ether oxygens (including phenoxy) is 2. The number of nitrogens with one attached hydrogen (secondary N) is 1. The van der Waals surface area contributed by atoms with Crippen molar-refractivity contribution in [1.82, 2.24) is 9.55 Å². The first kappa shape index (κ1) is 24.5. The number of thioether (sulfide) groups is 1. The highest BCUT2D eigenvalue weighted by Gasteiger charge is 2.29. The first-order valence-corrected chi connectivity index (χ1v) is 13.6. The van der Waals surface area contributed by atoms with Crippen LogP contribution in [0.25, 0.3) is 15.9 Å². The smallest absolute Gasteiger partial charge is 0.267 e. The minimum absolute atomic E-state index is 0.0765. The van der Waals surface area contributed by atoms with Crippen molar-refractivity contribution >= 4 is 44.9 Å². The second-order valence-electron chi connectivity index (χ2n) is 8.89. The first-order valence-electron chi connectivity index (χ1n) is 11.8. The normalized spacial score (nSPS) is 15.2. The molecule has 2 aromatic heterocycles. The predicted octanol–water partition coefficient (Wildman–Crippen LogP) is 5.28.